The molecule has 0 aliphatic carbocycles. The molecule has 0 saturated heterocycles. The molecule has 0 unspecified atom stereocenters. The minimum atomic E-state index is -0.328. The molecular weight excluding hydrogens is 316 g/mol. The van der Waals surface area contributed by atoms with Crippen LogP contribution in [0.3, 0.4) is 0 Å². The van der Waals surface area contributed by atoms with E-state index in [1.807, 2.05) is 48.7 Å². The van der Waals surface area contributed by atoms with E-state index < -0.39 is 0 Å². The smallest absolute Gasteiger partial charge is 0.337 e. The maximum Gasteiger partial charge on any atom is 0.337 e. The van der Waals surface area contributed by atoms with Gasteiger partial charge in [0.25, 0.3) is 0 Å². The first-order chi connectivity index (χ1) is 12.2. The Bertz CT molecular complexity index is 853. The van der Waals surface area contributed by atoms with Crippen molar-refractivity contribution in [2.45, 2.75) is 13.0 Å². The van der Waals surface area contributed by atoms with Crippen molar-refractivity contribution >= 4 is 5.97 Å². The van der Waals surface area contributed by atoms with E-state index in [0.717, 1.165) is 29.1 Å². The van der Waals surface area contributed by atoms with Gasteiger partial charge in [0.2, 0.25) is 0 Å². The summed E-state index contributed by atoms with van der Waals surface area (Å²) < 4.78 is 12.1. The number of esters is 1. The minimum absolute atomic E-state index is 0.328. The number of aromatic nitrogens is 2. The molecule has 2 aromatic carbocycles. The van der Waals surface area contributed by atoms with Crippen LogP contribution >= 0.6 is 0 Å². The van der Waals surface area contributed by atoms with E-state index in [1.165, 1.54) is 7.11 Å². The van der Waals surface area contributed by atoms with E-state index in [4.69, 9.17) is 9.47 Å². The van der Waals surface area contributed by atoms with E-state index >= 15 is 0 Å². The molecule has 5 heteroatoms. The lowest BCUT2D eigenvalue weighted by atomic mass is 10.1. The average Bonchev–Trinajstić information content (AvgIpc) is 3.08. The Hall–Kier alpha value is -3.08. The molecule has 0 saturated carbocycles. The van der Waals surface area contributed by atoms with Gasteiger partial charge in [0.05, 0.1) is 19.8 Å². The fourth-order valence-electron chi connectivity index (χ4n) is 2.69. The van der Waals surface area contributed by atoms with Crippen molar-refractivity contribution in [1.82, 2.24) is 9.55 Å². The Morgan fingerprint density at radius 3 is 2.60 bits per heavy atom. The molecule has 128 valence electrons. The minimum Gasteiger partial charge on any atom is -0.497 e. The standard InChI is InChI=1S/C20H20N2O3/c1-24-18-8-6-15(7-9-18)13-19-21-10-11-22(19)14-16-4-3-5-17(12-16)20(23)25-2/h3-12H,13-14H2,1-2H3. The number of hydrogen-bond donors (Lipinski definition) is 0. The van der Waals surface area contributed by atoms with Gasteiger partial charge in [-0.2, -0.15) is 0 Å². The number of benzene rings is 2. The third-order valence-corrected chi connectivity index (χ3v) is 4.02. The van der Waals surface area contributed by atoms with Crippen molar-refractivity contribution in [3.05, 3.63) is 83.4 Å². The topological polar surface area (TPSA) is 53.4 Å². The van der Waals surface area contributed by atoms with Gasteiger partial charge in [-0.1, -0.05) is 24.3 Å². The Morgan fingerprint density at radius 2 is 1.88 bits per heavy atom. The molecular formula is C20H20N2O3. The number of ether oxygens (including phenoxy) is 2. The number of carbonyl (C=O) groups is 1. The van der Waals surface area contributed by atoms with Crippen LogP contribution in [0.25, 0.3) is 0 Å². The van der Waals surface area contributed by atoms with Crippen LogP contribution in [0.4, 0.5) is 0 Å². The van der Waals surface area contributed by atoms with Crippen LogP contribution in [-0.2, 0) is 17.7 Å². The van der Waals surface area contributed by atoms with Gasteiger partial charge >= 0.3 is 5.97 Å². The second-order valence-corrected chi connectivity index (χ2v) is 5.69. The molecule has 0 aliphatic heterocycles. The Labute approximate surface area is 146 Å². The van der Waals surface area contributed by atoms with Crippen LogP contribution in [0.2, 0.25) is 0 Å². The molecule has 3 aromatic rings. The zero-order valence-electron chi connectivity index (χ0n) is 14.3. The van der Waals surface area contributed by atoms with Crippen LogP contribution in [-0.4, -0.2) is 29.7 Å². The van der Waals surface area contributed by atoms with Crippen LogP contribution in [0.1, 0.15) is 27.3 Å². The summed E-state index contributed by atoms with van der Waals surface area (Å²) in [7, 11) is 3.04. The summed E-state index contributed by atoms with van der Waals surface area (Å²) >= 11 is 0. The predicted molar refractivity (Wildman–Crippen MR) is 94.9 cm³/mol. The van der Waals surface area contributed by atoms with Crippen molar-refractivity contribution in [3.63, 3.8) is 0 Å². The molecule has 0 bridgehead atoms. The zero-order chi connectivity index (χ0) is 17.6. The maximum atomic E-state index is 11.7. The lowest BCUT2D eigenvalue weighted by Crippen LogP contribution is -2.07. The highest BCUT2D eigenvalue weighted by Crippen LogP contribution is 2.15. The quantitative estimate of drug-likeness (QED) is 0.648. The summed E-state index contributed by atoms with van der Waals surface area (Å²) in [5.74, 6) is 1.48. The molecule has 0 aliphatic rings. The van der Waals surface area contributed by atoms with E-state index in [2.05, 4.69) is 9.55 Å². The first-order valence-electron chi connectivity index (χ1n) is 8.00. The van der Waals surface area contributed by atoms with E-state index in [9.17, 15) is 4.79 Å². The van der Waals surface area contributed by atoms with Crippen molar-refractivity contribution < 1.29 is 14.3 Å². The van der Waals surface area contributed by atoms with Crippen molar-refractivity contribution in [2.75, 3.05) is 14.2 Å². The number of imidazole rings is 1. The average molecular weight is 336 g/mol. The van der Waals surface area contributed by atoms with Gasteiger partial charge in [0.1, 0.15) is 11.6 Å². The molecule has 5 nitrogen and oxygen atoms in total. The second kappa shape index (κ2) is 7.66. The highest BCUT2D eigenvalue weighted by atomic mass is 16.5. The van der Waals surface area contributed by atoms with Gasteiger partial charge in [-0.05, 0) is 35.4 Å². The Kier molecular flexibility index (Phi) is 5.14. The first kappa shape index (κ1) is 16.8. The number of nitrogens with zero attached hydrogens (tertiary/aromatic N) is 2. The third kappa shape index (κ3) is 4.07. The highest BCUT2D eigenvalue weighted by molar-refractivity contribution is 5.89. The van der Waals surface area contributed by atoms with Gasteiger partial charge < -0.3 is 14.0 Å². The van der Waals surface area contributed by atoms with E-state index in [-0.39, 0.29) is 5.97 Å². The van der Waals surface area contributed by atoms with Gasteiger partial charge in [-0.15, -0.1) is 0 Å². The van der Waals surface area contributed by atoms with Crippen LogP contribution < -0.4 is 4.74 Å². The van der Waals surface area contributed by atoms with Crippen LogP contribution in [0.15, 0.2) is 60.9 Å². The Morgan fingerprint density at radius 1 is 1.08 bits per heavy atom. The zero-order valence-corrected chi connectivity index (χ0v) is 14.3. The SMILES string of the molecule is COC(=O)c1cccc(Cn2ccnc2Cc2ccc(OC)cc2)c1. The number of methoxy groups -OCH3 is 2. The molecule has 0 atom stereocenters. The molecule has 0 N–H and O–H groups in total. The normalized spacial score (nSPS) is 10.5. The summed E-state index contributed by atoms with van der Waals surface area (Å²) in [6.45, 7) is 0.649. The molecule has 0 amide bonds. The van der Waals surface area contributed by atoms with Gasteiger partial charge in [0.15, 0.2) is 0 Å². The number of rotatable bonds is 6. The van der Waals surface area contributed by atoms with Crippen LogP contribution in [0, 0.1) is 0 Å². The van der Waals surface area contributed by atoms with Gasteiger partial charge in [0, 0.05) is 25.4 Å². The number of carbonyl (C=O) groups excluding carboxylic acids is 1. The molecule has 3 rings (SSSR count). The monoisotopic (exact) mass is 336 g/mol. The van der Waals surface area contributed by atoms with Gasteiger partial charge in [-0.25, -0.2) is 9.78 Å². The second-order valence-electron chi connectivity index (χ2n) is 5.69. The fraction of sp³-hybridized carbons (Fsp3) is 0.200. The van der Waals surface area contributed by atoms with E-state index in [0.29, 0.717) is 12.1 Å². The number of hydrogen-bond acceptors (Lipinski definition) is 4. The van der Waals surface area contributed by atoms with Crippen LogP contribution in [0.5, 0.6) is 5.75 Å². The maximum absolute atomic E-state index is 11.7. The molecule has 0 fully saturated rings. The summed E-state index contributed by atoms with van der Waals surface area (Å²) in [5.41, 5.74) is 2.74. The van der Waals surface area contributed by atoms with Gasteiger partial charge in [-0.3, -0.25) is 0 Å². The molecule has 1 heterocycles. The predicted octanol–water partition coefficient (Wildman–Crippen LogP) is 3.32. The van der Waals surface area contributed by atoms with Crippen molar-refractivity contribution in [3.8, 4) is 5.75 Å². The molecule has 1 aromatic heterocycles. The molecule has 0 spiro atoms. The van der Waals surface area contributed by atoms with Crippen molar-refractivity contribution in [2.24, 2.45) is 0 Å². The summed E-state index contributed by atoms with van der Waals surface area (Å²) in [6, 6.07) is 15.4. The lowest BCUT2D eigenvalue weighted by molar-refractivity contribution is 0.0600. The first-order valence-corrected chi connectivity index (χ1v) is 8.00. The summed E-state index contributed by atoms with van der Waals surface area (Å²) in [4.78, 5) is 16.1. The fourth-order valence-corrected chi connectivity index (χ4v) is 2.69. The summed E-state index contributed by atoms with van der Waals surface area (Å²) in [5, 5.41) is 0. The van der Waals surface area contributed by atoms with Crippen molar-refractivity contribution in [1.29, 1.82) is 0 Å². The lowest BCUT2D eigenvalue weighted by Gasteiger charge is -2.10. The Balaban J connectivity index is 1.76. The molecule has 0 radical (unpaired) electrons. The molecule has 25 heavy (non-hydrogen) atoms. The highest BCUT2D eigenvalue weighted by Gasteiger charge is 2.08. The van der Waals surface area contributed by atoms with E-state index in [1.54, 1.807) is 19.4 Å². The summed E-state index contributed by atoms with van der Waals surface area (Å²) in [6.07, 6.45) is 4.47. The third-order valence-electron chi connectivity index (χ3n) is 4.02. The largest absolute Gasteiger partial charge is 0.497 e.